The monoisotopic (exact) mass is 417 g/mol. The number of nitrogens with one attached hydrogen (secondary N) is 1. The minimum atomic E-state index is -1.22. The van der Waals surface area contributed by atoms with Crippen molar-refractivity contribution in [2.24, 2.45) is 0 Å². The summed E-state index contributed by atoms with van der Waals surface area (Å²) >= 11 is 0. The second-order valence-corrected chi connectivity index (χ2v) is 7.02. The summed E-state index contributed by atoms with van der Waals surface area (Å²) in [7, 11) is 1.61. The van der Waals surface area contributed by atoms with Gasteiger partial charge in [-0.2, -0.15) is 0 Å². The van der Waals surface area contributed by atoms with Gasteiger partial charge < -0.3 is 19.6 Å². The molecule has 0 fully saturated rings. The van der Waals surface area contributed by atoms with Gasteiger partial charge in [0.1, 0.15) is 17.1 Å². The van der Waals surface area contributed by atoms with E-state index in [0.29, 0.717) is 40.8 Å². The Hall–Kier alpha value is -4.13. The van der Waals surface area contributed by atoms with Crippen molar-refractivity contribution in [3.05, 3.63) is 81.7 Å². The van der Waals surface area contributed by atoms with Gasteiger partial charge in [-0.3, -0.25) is 9.59 Å². The fourth-order valence-corrected chi connectivity index (χ4v) is 3.61. The van der Waals surface area contributed by atoms with Crippen molar-refractivity contribution in [3.63, 3.8) is 0 Å². The lowest BCUT2D eigenvalue weighted by molar-refractivity contribution is -0.131. The number of anilines is 1. The number of fused-ring (bicyclic) bond motifs is 2. The lowest BCUT2D eigenvalue weighted by Crippen LogP contribution is -2.11. The second kappa shape index (κ2) is 8.31. The molecule has 1 amide bonds. The van der Waals surface area contributed by atoms with Crippen molar-refractivity contribution >= 4 is 40.2 Å². The minimum absolute atomic E-state index is 0.0941. The van der Waals surface area contributed by atoms with Crippen LogP contribution in [0.15, 0.2) is 63.8 Å². The van der Waals surface area contributed by atoms with Gasteiger partial charge in [-0.15, -0.1) is 0 Å². The number of aliphatic carboxylic acids is 1. The van der Waals surface area contributed by atoms with Crippen LogP contribution in [0.25, 0.3) is 22.6 Å². The number of methoxy groups -OCH3 is 1. The molecule has 0 saturated heterocycles. The number of benzene rings is 2. The minimum Gasteiger partial charge on any atom is -0.496 e. The van der Waals surface area contributed by atoms with Crippen LogP contribution in [0.2, 0.25) is 0 Å². The van der Waals surface area contributed by atoms with Gasteiger partial charge in [-0.1, -0.05) is 18.2 Å². The maximum absolute atomic E-state index is 13.0. The van der Waals surface area contributed by atoms with E-state index < -0.39 is 11.9 Å². The van der Waals surface area contributed by atoms with Gasteiger partial charge in [-0.05, 0) is 42.7 Å². The number of carboxylic acids is 1. The molecule has 1 aliphatic rings. The summed E-state index contributed by atoms with van der Waals surface area (Å²) in [5.41, 5.74) is 3.07. The van der Waals surface area contributed by atoms with Crippen molar-refractivity contribution in [2.45, 2.75) is 12.8 Å². The highest BCUT2D eigenvalue weighted by atomic mass is 16.5. The smallest absolute Gasteiger partial charge is 0.328 e. The van der Waals surface area contributed by atoms with Gasteiger partial charge in [0, 0.05) is 35.0 Å². The average molecular weight is 417 g/mol. The first-order valence-corrected chi connectivity index (χ1v) is 9.62. The first-order chi connectivity index (χ1) is 15.0. The third kappa shape index (κ3) is 4.11. The largest absolute Gasteiger partial charge is 0.496 e. The molecule has 4 rings (SSSR count). The van der Waals surface area contributed by atoms with Crippen molar-refractivity contribution in [1.29, 1.82) is 0 Å². The van der Waals surface area contributed by atoms with Gasteiger partial charge in [-0.25, -0.2) is 4.79 Å². The van der Waals surface area contributed by atoms with Gasteiger partial charge >= 0.3 is 5.97 Å². The van der Waals surface area contributed by atoms with E-state index in [0.717, 1.165) is 29.0 Å². The topological polar surface area (TPSA) is 106 Å². The van der Waals surface area contributed by atoms with Crippen molar-refractivity contribution in [1.82, 2.24) is 0 Å². The number of ether oxygens (including phenoxy) is 1. The van der Waals surface area contributed by atoms with E-state index in [9.17, 15) is 14.4 Å². The van der Waals surface area contributed by atoms with Crippen molar-refractivity contribution in [2.75, 3.05) is 12.4 Å². The SMILES string of the molecule is COc1ccccc1C=C1CCc2c1oc1cc(NC(=O)C=CC(=O)O)ccc1c2=O. The Bertz CT molecular complexity index is 1320. The maximum atomic E-state index is 13.0. The van der Waals surface area contributed by atoms with E-state index in [1.54, 1.807) is 25.3 Å². The van der Waals surface area contributed by atoms with Crippen LogP contribution < -0.4 is 15.5 Å². The summed E-state index contributed by atoms with van der Waals surface area (Å²) in [5.74, 6) is -0.546. The predicted octanol–water partition coefficient (Wildman–Crippen LogP) is 3.87. The summed E-state index contributed by atoms with van der Waals surface area (Å²) in [6, 6.07) is 12.3. The third-order valence-electron chi connectivity index (χ3n) is 5.04. The molecule has 7 heteroatoms. The quantitative estimate of drug-likeness (QED) is 0.611. The van der Waals surface area contributed by atoms with Gasteiger partial charge in [0.05, 0.1) is 12.5 Å². The highest BCUT2D eigenvalue weighted by Gasteiger charge is 2.24. The molecule has 3 aromatic rings. The summed E-state index contributed by atoms with van der Waals surface area (Å²) in [5, 5.41) is 11.6. The van der Waals surface area contributed by atoms with Crippen LogP contribution in [0.3, 0.4) is 0 Å². The molecule has 0 unspecified atom stereocenters. The molecule has 2 aromatic carbocycles. The lowest BCUT2D eigenvalue weighted by atomic mass is 10.1. The number of rotatable bonds is 5. The van der Waals surface area contributed by atoms with Crippen molar-refractivity contribution < 1.29 is 23.8 Å². The highest BCUT2D eigenvalue weighted by Crippen LogP contribution is 2.35. The molecule has 0 bridgehead atoms. The first kappa shape index (κ1) is 20.2. The van der Waals surface area contributed by atoms with E-state index in [1.807, 2.05) is 30.3 Å². The number of carbonyl (C=O) groups is 2. The van der Waals surface area contributed by atoms with E-state index in [-0.39, 0.29) is 5.43 Å². The van der Waals surface area contributed by atoms with Crippen molar-refractivity contribution in [3.8, 4) is 5.75 Å². The van der Waals surface area contributed by atoms with Crippen LogP contribution in [-0.2, 0) is 16.0 Å². The molecule has 1 heterocycles. The molecule has 1 aromatic heterocycles. The van der Waals surface area contributed by atoms with E-state index in [1.165, 1.54) is 0 Å². The number of carboxylic acid groups (broad SMARTS) is 1. The Labute approximate surface area is 177 Å². The Morgan fingerprint density at radius 1 is 1.13 bits per heavy atom. The molecular weight excluding hydrogens is 398 g/mol. The zero-order chi connectivity index (χ0) is 22.0. The van der Waals surface area contributed by atoms with Gasteiger partial charge in [0.25, 0.3) is 0 Å². The molecule has 0 saturated carbocycles. The molecule has 0 radical (unpaired) electrons. The molecule has 0 aliphatic heterocycles. The third-order valence-corrected chi connectivity index (χ3v) is 5.04. The van der Waals surface area contributed by atoms with Crippen LogP contribution >= 0.6 is 0 Å². The summed E-state index contributed by atoms with van der Waals surface area (Å²) in [6.45, 7) is 0. The summed E-state index contributed by atoms with van der Waals surface area (Å²) in [6.07, 6.45) is 4.89. The fourth-order valence-electron chi connectivity index (χ4n) is 3.61. The molecule has 0 atom stereocenters. The lowest BCUT2D eigenvalue weighted by Gasteiger charge is -2.08. The molecule has 7 nitrogen and oxygen atoms in total. The molecule has 31 heavy (non-hydrogen) atoms. The molecule has 2 N–H and O–H groups in total. The Morgan fingerprint density at radius 3 is 2.71 bits per heavy atom. The predicted molar refractivity (Wildman–Crippen MR) is 117 cm³/mol. The average Bonchev–Trinajstić information content (AvgIpc) is 3.15. The van der Waals surface area contributed by atoms with Gasteiger partial charge in [0.2, 0.25) is 5.91 Å². The standard InChI is InChI=1S/C24H19NO6/c1-30-19-5-3-2-4-14(19)12-15-6-8-18-23(29)17-9-7-16(13-20(17)31-24(15)18)25-21(26)10-11-22(27)28/h2-5,7,9-13H,6,8H2,1H3,(H,25,26)(H,27,28). The number of hydrogen-bond acceptors (Lipinski definition) is 5. The molecular formula is C24H19NO6. The Morgan fingerprint density at radius 2 is 1.94 bits per heavy atom. The number of amides is 1. The Balaban J connectivity index is 1.74. The highest BCUT2D eigenvalue weighted by molar-refractivity contribution is 6.03. The van der Waals surface area contributed by atoms with E-state index in [4.69, 9.17) is 14.3 Å². The molecule has 0 spiro atoms. The number of hydrogen-bond donors (Lipinski definition) is 2. The fraction of sp³-hybridized carbons (Fsp3) is 0.125. The maximum Gasteiger partial charge on any atom is 0.328 e. The summed E-state index contributed by atoms with van der Waals surface area (Å²) in [4.78, 5) is 35.4. The molecule has 1 aliphatic carbocycles. The molecule has 156 valence electrons. The van der Waals surface area contributed by atoms with E-state index >= 15 is 0 Å². The normalized spacial score (nSPS) is 14.2. The number of para-hydroxylation sites is 1. The zero-order valence-electron chi connectivity index (χ0n) is 16.7. The second-order valence-electron chi connectivity index (χ2n) is 7.02. The van der Waals surface area contributed by atoms with Crippen LogP contribution in [0.1, 0.15) is 23.3 Å². The zero-order valence-corrected chi connectivity index (χ0v) is 16.7. The van der Waals surface area contributed by atoms with Crippen LogP contribution in [0, 0.1) is 0 Å². The summed E-state index contributed by atoms with van der Waals surface area (Å²) < 4.78 is 11.5. The van der Waals surface area contributed by atoms with Crippen LogP contribution in [0.4, 0.5) is 5.69 Å². The van der Waals surface area contributed by atoms with Crippen LogP contribution in [0.5, 0.6) is 5.75 Å². The number of carbonyl (C=O) groups excluding carboxylic acids is 1. The first-order valence-electron chi connectivity index (χ1n) is 9.62. The van der Waals surface area contributed by atoms with Crippen LogP contribution in [-0.4, -0.2) is 24.1 Å². The van der Waals surface area contributed by atoms with E-state index in [2.05, 4.69) is 5.32 Å². The number of allylic oxidation sites excluding steroid dienone is 1. The van der Waals surface area contributed by atoms with Gasteiger partial charge in [0.15, 0.2) is 5.43 Å². The Kier molecular flexibility index (Phi) is 5.41.